The van der Waals surface area contributed by atoms with E-state index in [1.807, 2.05) is 38.1 Å². The lowest BCUT2D eigenvalue weighted by atomic mass is 10.1. The molecule has 6 heteroatoms. The first-order chi connectivity index (χ1) is 15.4. The van der Waals surface area contributed by atoms with Crippen LogP contribution in [-0.4, -0.2) is 19.0 Å². The Morgan fingerprint density at radius 2 is 1.72 bits per heavy atom. The average molecular weight is 426 g/mol. The Balaban J connectivity index is 1.76. The summed E-state index contributed by atoms with van der Waals surface area (Å²) >= 11 is 0. The van der Waals surface area contributed by atoms with Crippen molar-refractivity contribution in [3.8, 4) is 17.6 Å². The SMILES string of the molecule is COc1ccc(C(=O)Oc2cccc(/C=C(\C#N)C(=O)Nc3cc(C)ccc3C)c2)cc1. The third kappa shape index (κ3) is 5.61. The summed E-state index contributed by atoms with van der Waals surface area (Å²) in [6, 6.07) is 20.8. The van der Waals surface area contributed by atoms with Gasteiger partial charge in [0.05, 0.1) is 12.7 Å². The average Bonchev–Trinajstić information content (AvgIpc) is 2.80. The largest absolute Gasteiger partial charge is 0.497 e. The minimum Gasteiger partial charge on any atom is -0.497 e. The van der Waals surface area contributed by atoms with E-state index in [2.05, 4.69) is 5.32 Å². The molecule has 0 fully saturated rings. The zero-order valence-electron chi connectivity index (χ0n) is 18.0. The number of amides is 1. The number of methoxy groups -OCH3 is 1. The molecule has 0 bridgehead atoms. The fraction of sp³-hybridized carbons (Fsp3) is 0.115. The molecular formula is C26H22N2O4. The zero-order chi connectivity index (χ0) is 23.1. The lowest BCUT2D eigenvalue weighted by Gasteiger charge is -2.09. The number of nitrogens with one attached hydrogen (secondary N) is 1. The molecule has 3 rings (SSSR count). The highest BCUT2D eigenvalue weighted by molar-refractivity contribution is 6.10. The summed E-state index contributed by atoms with van der Waals surface area (Å²) in [5, 5.41) is 12.3. The molecule has 0 aliphatic rings. The quantitative estimate of drug-likeness (QED) is 0.257. The van der Waals surface area contributed by atoms with Gasteiger partial charge in [-0.05, 0) is 79.1 Å². The smallest absolute Gasteiger partial charge is 0.343 e. The van der Waals surface area contributed by atoms with Crippen LogP contribution in [-0.2, 0) is 4.79 Å². The number of ether oxygens (including phenoxy) is 2. The number of rotatable bonds is 6. The van der Waals surface area contributed by atoms with Crippen LogP contribution in [0.3, 0.4) is 0 Å². The van der Waals surface area contributed by atoms with Crippen LogP contribution >= 0.6 is 0 Å². The second-order valence-corrected chi connectivity index (χ2v) is 7.13. The summed E-state index contributed by atoms with van der Waals surface area (Å²) in [6.07, 6.45) is 1.45. The molecule has 32 heavy (non-hydrogen) atoms. The molecule has 0 saturated heterocycles. The van der Waals surface area contributed by atoms with Crippen molar-refractivity contribution in [2.24, 2.45) is 0 Å². The van der Waals surface area contributed by atoms with E-state index in [1.54, 1.807) is 55.6 Å². The second-order valence-electron chi connectivity index (χ2n) is 7.13. The molecule has 6 nitrogen and oxygen atoms in total. The Morgan fingerprint density at radius 1 is 0.969 bits per heavy atom. The van der Waals surface area contributed by atoms with E-state index in [4.69, 9.17) is 9.47 Å². The Bertz CT molecular complexity index is 1220. The van der Waals surface area contributed by atoms with Gasteiger partial charge in [-0.25, -0.2) is 4.79 Å². The summed E-state index contributed by atoms with van der Waals surface area (Å²) in [5.41, 5.74) is 3.41. The summed E-state index contributed by atoms with van der Waals surface area (Å²) in [5.74, 6) is -0.104. The first-order valence-corrected chi connectivity index (χ1v) is 9.86. The summed E-state index contributed by atoms with van der Waals surface area (Å²) in [6.45, 7) is 3.81. The number of esters is 1. The van der Waals surface area contributed by atoms with Crippen LogP contribution in [0.25, 0.3) is 6.08 Å². The maximum absolute atomic E-state index is 12.6. The molecule has 1 amide bonds. The van der Waals surface area contributed by atoms with E-state index in [0.717, 1.165) is 11.1 Å². The molecule has 0 saturated carbocycles. The lowest BCUT2D eigenvalue weighted by Crippen LogP contribution is -2.14. The number of aryl methyl sites for hydroxylation is 2. The highest BCUT2D eigenvalue weighted by Crippen LogP contribution is 2.20. The van der Waals surface area contributed by atoms with Gasteiger partial charge in [0.1, 0.15) is 23.1 Å². The van der Waals surface area contributed by atoms with Gasteiger partial charge in [-0.15, -0.1) is 0 Å². The van der Waals surface area contributed by atoms with E-state index < -0.39 is 11.9 Å². The summed E-state index contributed by atoms with van der Waals surface area (Å²) in [4.78, 5) is 25.0. The second kappa shape index (κ2) is 10.1. The zero-order valence-corrected chi connectivity index (χ0v) is 18.0. The lowest BCUT2D eigenvalue weighted by molar-refractivity contribution is -0.112. The monoisotopic (exact) mass is 426 g/mol. The van der Waals surface area contributed by atoms with Gasteiger partial charge in [0, 0.05) is 5.69 Å². The first kappa shape index (κ1) is 22.3. The molecule has 0 spiro atoms. The van der Waals surface area contributed by atoms with Gasteiger partial charge in [-0.3, -0.25) is 4.79 Å². The number of benzene rings is 3. The molecule has 3 aromatic carbocycles. The maximum Gasteiger partial charge on any atom is 0.343 e. The molecule has 1 N–H and O–H groups in total. The molecule has 0 radical (unpaired) electrons. The van der Waals surface area contributed by atoms with Crippen molar-refractivity contribution < 1.29 is 19.1 Å². The van der Waals surface area contributed by atoms with Gasteiger partial charge in [0.15, 0.2) is 0 Å². The van der Waals surface area contributed by atoms with Crippen molar-refractivity contribution in [1.82, 2.24) is 0 Å². The Hall–Kier alpha value is -4.37. The number of anilines is 1. The van der Waals surface area contributed by atoms with Gasteiger partial charge in [-0.2, -0.15) is 5.26 Å². The molecular weight excluding hydrogens is 404 g/mol. The van der Waals surface area contributed by atoms with Crippen LogP contribution in [0, 0.1) is 25.2 Å². The van der Waals surface area contributed by atoms with E-state index in [1.165, 1.54) is 6.08 Å². The van der Waals surface area contributed by atoms with Gasteiger partial charge in [0.2, 0.25) is 0 Å². The molecule has 3 aromatic rings. The highest BCUT2D eigenvalue weighted by Gasteiger charge is 2.12. The summed E-state index contributed by atoms with van der Waals surface area (Å²) in [7, 11) is 1.55. The third-order valence-corrected chi connectivity index (χ3v) is 4.71. The van der Waals surface area contributed by atoms with Gasteiger partial charge < -0.3 is 14.8 Å². The van der Waals surface area contributed by atoms with Crippen molar-refractivity contribution >= 4 is 23.6 Å². The van der Waals surface area contributed by atoms with Crippen LogP contribution in [0.15, 0.2) is 72.3 Å². The number of hydrogen-bond donors (Lipinski definition) is 1. The van der Waals surface area contributed by atoms with Crippen molar-refractivity contribution in [2.45, 2.75) is 13.8 Å². The predicted molar refractivity (Wildman–Crippen MR) is 123 cm³/mol. The number of carbonyl (C=O) groups is 2. The van der Waals surface area contributed by atoms with Crippen LogP contribution in [0.4, 0.5) is 5.69 Å². The van der Waals surface area contributed by atoms with Crippen LogP contribution in [0.5, 0.6) is 11.5 Å². The maximum atomic E-state index is 12.6. The number of nitriles is 1. The van der Waals surface area contributed by atoms with Crippen molar-refractivity contribution in [2.75, 3.05) is 12.4 Å². The minimum atomic E-state index is -0.526. The number of hydrogen-bond acceptors (Lipinski definition) is 5. The van der Waals surface area contributed by atoms with Crippen LogP contribution < -0.4 is 14.8 Å². The minimum absolute atomic E-state index is 0.0652. The Labute approximate surface area is 186 Å². The molecule has 0 heterocycles. The predicted octanol–water partition coefficient (Wildman–Crippen LogP) is 5.08. The topological polar surface area (TPSA) is 88.4 Å². The van der Waals surface area contributed by atoms with E-state index >= 15 is 0 Å². The molecule has 160 valence electrons. The third-order valence-electron chi connectivity index (χ3n) is 4.71. The van der Waals surface area contributed by atoms with Gasteiger partial charge >= 0.3 is 5.97 Å². The molecule has 0 aliphatic heterocycles. The van der Waals surface area contributed by atoms with Gasteiger partial charge in [-0.1, -0.05) is 24.3 Å². The fourth-order valence-corrected chi connectivity index (χ4v) is 2.94. The van der Waals surface area contributed by atoms with Crippen molar-refractivity contribution in [3.63, 3.8) is 0 Å². The van der Waals surface area contributed by atoms with Crippen molar-refractivity contribution in [3.05, 3.63) is 94.6 Å². The molecule has 0 aromatic heterocycles. The standard InChI is InChI=1S/C26H22N2O4/c1-17-7-8-18(2)24(13-17)28-25(29)21(16-27)14-19-5-4-6-23(15-19)32-26(30)20-9-11-22(31-3)12-10-20/h4-15H,1-3H3,(H,28,29)/b21-14+. The van der Waals surface area contributed by atoms with Crippen LogP contribution in [0.2, 0.25) is 0 Å². The number of nitrogens with zero attached hydrogens (tertiary/aromatic N) is 1. The van der Waals surface area contributed by atoms with Crippen molar-refractivity contribution in [1.29, 1.82) is 5.26 Å². The molecule has 0 unspecified atom stereocenters. The Morgan fingerprint density at radius 3 is 2.41 bits per heavy atom. The van der Waals surface area contributed by atoms with Crippen LogP contribution in [0.1, 0.15) is 27.0 Å². The summed E-state index contributed by atoms with van der Waals surface area (Å²) < 4.78 is 10.5. The molecule has 0 atom stereocenters. The first-order valence-electron chi connectivity index (χ1n) is 9.86. The molecule has 0 aliphatic carbocycles. The van der Waals surface area contributed by atoms with E-state index in [0.29, 0.717) is 28.3 Å². The van der Waals surface area contributed by atoms with Gasteiger partial charge in [0.25, 0.3) is 5.91 Å². The fourth-order valence-electron chi connectivity index (χ4n) is 2.94. The normalized spacial score (nSPS) is 10.8. The highest BCUT2D eigenvalue weighted by atomic mass is 16.5. The van der Waals surface area contributed by atoms with E-state index in [9.17, 15) is 14.9 Å². The Kier molecular flexibility index (Phi) is 7.04. The van der Waals surface area contributed by atoms with E-state index in [-0.39, 0.29) is 5.57 Å². The number of carbonyl (C=O) groups excluding carboxylic acids is 2.